The molecular formula is C13H25N3O4S. The molecule has 122 valence electrons. The molecule has 8 heteroatoms. The average molecular weight is 319 g/mol. The van der Waals surface area contributed by atoms with E-state index in [0.29, 0.717) is 38.5 Å². The smallest absolute Gasteiger partial charge is 0.240 e. The Kier molecular flexibility index (Phi) is 5.59. The first-order valence-corrected chi connectivity index (χ1v) is 9.19. The number of nitrogens with two attached hydrogens (primary N) is 1. The van der Waals surface area contributed by atoms with Gasteiger partial charge in [-0.2, -0.15) is 0 Å². The molecule has 0 radical (unpaired) electrons. The number of carbonyl (C=O) groups excluding carboxylic acids is 1. The summed E-state index contributed by atoms with van der Waals surface area (Å²) in [6.45, 7) is 1.52. The van der Waals surface area contributed by atoms with Gasteiger partial charge in [-0.05, 0) is 31.6 Å². The zero-order chi connectivity index (χ0) is 15.3. The zero-order valence-electron chi connectivity index (χ0n) is 12.3. The number of sulfonamides is 1. The van der Waals surface area contributed by atoms with Crippen molar-refractivity contribution < 1.29 is 17.9 Å². The first-order chi connectivity index (χ1) is 9.91. The van der Waals surface area contributed by atoms with Crippen LogP contribution in [0.25, 0.3) is 0 Å². The fraction of sp³-hybridized carbons (Fsp3) is 0.923. The van der Waals surface area contributed by atoms with Crippen LogP contribution in [-0.2, 0) is 19.6 Å². The largest absolute Gasteiger partial charge is 0.381 e. The highest BCUT2D eigenvalue weighted by Gasteiger charge is 2.35. The van der Waals surface area contributed by atoms with E-state index in [1.165, 1.54) is 6.42 Å². The highest BCUT2D eigenvalue weighted by molar-refractivity contribution is 7.89. The Balaban J connectivity index is 1.68. The van der Waals surface area contributed by atoms with Crippen LogP contribution in [0.2, 0.25) is 0 Å². The Labute approximate surface area is 126 Å². The van der Waals surface area contributed by atoms with Gasteiger partial charge in [0.1, 0.15) is 0 Å². The van der Waals surface area contributed by atoms with Crippen LogP contribution in [-0.4, -0.2) is 51.9 Å². The molecular weight excluding hydrogens is 294 g/mol. The van der Waals surface area contributed by atoms with E-state index in [2.05, 4.69) is 10.0 Å². The van der Waals surface area contributed by atoms with E-state index in [1.54, 1.807) is 0 Å². The zero-order valence-corrected chi connectivity index (χ0v) is 13.1. The first kappa shape index (κ1) is 16.7. The van der Waals surface area contributed by atoms with Gasteiger partial charge in [0.15, 0.2) is 0 Å². The van der Waals surface area contributed by atoms with Gasteiger partial charge in [-0.25, -0.2) is 13.1 Å². The number of rotatable bonds is 7. The molecule has 0 aromatic rings. The Morgan fingerprint density at radius 3 is 2.52 bits per heavy atom. The van der Waals surface area contributed by atoms with Crippen molar-refractivity contribution in [2.24, 2.45) is 11.7 Å². The number of amides is 1. The van der Waals surface area contributed by atoms with E-state index in [9.17, 15) is 13.2 Å². The van der Waals surface area contributed by atoms with Crippen LogP contribution in [0.15, 0.2) is 0 Å². The highest BCUT2D eigenvalue weighted by atomic mass is 32.2. The summed E-state index contributed by atoms with van der Waals surface area (Å²) in [5.41, 5.74) is 5.09. The predicted molar refractivity (Wildman–Crippen MR) is 79.1 cm³/mol. The number of carbonyl (C=O) groups is 1. The molecule has 1 amide bonds. The number of ether oxygens (including phenoxy) is 1. The number of hydrogen-bond acceptors (Lipinski definition) is 5. The first-order valence-electron chi connectivity index (χ1n) is 7.54. The second kappa shape index (κ2) is 7.04. The Morgan fingerprint density at radius 2 is 1.95 bits per heavy atom. The molecule has 2 rings (SSSR count). The Bertz CT molecular complexity index is 456. The summed E-state index contributed by atoms with van der Waals surface area (Å²) in [5.74, 6) is 0.0711. The van der Waals surface area contributed by atoms with E-state index in [0.717, 1.165) is 12.8 Å². The number of nitrogens with one attached hydrogen (secondary N) is 2. The minimum absolute atomic E-state index is 0.0820. The van der Waals surface area contributed by atoms with E-state index in [1.807, 2.05) is 0 Å². The van der Waals surface area contributed by atoms with Crippen molar-refractivity contribution in [3.05, 3.63) is 0 Å². The highest BCUT2D eigenvalue weighted by Crippen LogP contribution is 2.25. The molecule has 21 heavy (non-hydrogen) atoms. The van der Waals surface area contributed by atoms with Crippen molar-refractivity contribution in [2.45, 2.75) is 37.6 Å². The molecule has 1 aliphatic carbocycles. The molecule has 0 bridgehead atoms. The fourth-order valence-corrected chi connectivity index (χ4v) is 3.46. The van der Waals surface area contributed by atoms with Gasteiger partial charge in [-0.15, -0.1) is 0 Å². The lowest BCUT2D eigenvalue weighted by molar-refractivity contribution is -0.129. The van der Waals surface area contributed by atoms with E-state index < -0.39 is 15.6 Å². The summed E-state index contributed by atoms with van der Waals surface area (Å²) in [4.78, 5) is 12.0. The van der Waals surface area contributed by atoms with Crippen molar-refractivity contribution in [2.75, 3.05) is 32.1 Å². The SMILES string of the molecule is NC1(C(=O)NCCS(=O)(=O)NCC2CCC2)CCOCC1. The molecule has 7 nitrogen and oxygen atoms in total. The van der Waals surface area contributed by atoms with Crippen molar-refractivity contribution >= 4 is 15.9 Å². The summed E-state index contributed by atoms with van der Waals surface area (Å²) in [5, 5.41) is 2.63. The maximum atomic E-state index is 12.0. The van der Waals surface area contributed by atoms with E-state index in [-0.39, 0.29) is 18.2 Å². The molecule has 0 aromatic carbocycles. The van der Waals surface area contributed by atoms with Gasteiger partial charge in [0, 0.05) is 26.3 Å². The molecule has 0 spiro atoms. The van der Waals surface area contributed by atoms with Crippen LogP contribution >= 0.6 is 0 Å². The molecule has 4 N–H and O–H groups in total. The predicted octanol–water partition coefficient (Wildman–Crippen LogP) is -0.670. The van der Waals surface area contributed by atoms with Gasteiger partial charge in [0.2, 0.25) is 15.9 Å². The maximum Gasteiger partial charge on any atom is 0.240 e. The third-order valence-corrected chi connectivity index (χ3v) is 5.66. The van der Waals surface area contributed by atoms with Gasteiger partial charge in [0.05, 0.1) is 11.3 Å². The van der Waals surface area contributed by atoms with E-state index in [4.69, 9.17) is 10.5 Å². The number of hydrogen-bond donors (Lipinski definition) is 3. The van der Waals surface area contributed by atoms with Gasteiger partial charge in [-0.1, -0.05) is 6.42 Å². The standard InChI is InChI=1S/C13H25N3O4S/c14-13(4-7-20-8-5-13)12(17)15-6-9-21(18,19)16-10-11-2-1-3-11/h11,16H,1-10,14H2,(H,15,17). The lowest BCUT2D eigenvalue weighted by Gasteiger charge is -2.31. The molecule has 0 aromatic heterocycles. The van der Waals surface area contributed by atoms with Gasteiger partial charge in [-0.3, -0.25) is 4.79 Å². The molecule has 2 aliphatic rings. The Morgan fingerprint density at radius 1 is 1.29 bits per heavy atom. The molecule has 1 heterocycles. The molecule has 0 unspecified atom stereocenters. The fourth-order valence-electron chi connectivity index (χ4n) is 2.45. The van der Waals surface area contributed by atoms with Crippen LogP contribution in [0.3, 0.4) is 0 Å². The molecule has 1 aliphatic heterocycles. The van der Waals surface area contributed by atoms with Crippen molar-refractivity contribution in [1.29, 1.82) is 0 Å². The quantitative estimate of drug-likeness (QED) is 0.576. The summed E-state index contributed by atoms with van der Waals surface area (Å²) in [6.07, 6.45) is 4.30. The van der Waals surface area contributed by atoms with Crippen molar-refractivity contribution in [1.82, 2.24) is 10.0 Å². The monoisotopic (exact) mass is 319 g/mol. The topological polar surface area (TPSA) is 111 Å². The van der Waals surface area contributed by atoms with Crippen LogP contribution < -0.4 is 15.8 Å². The van der Waals surface area contributed by atoms with Gasteiger partial charge >= 0.3 is 0 Å². The Hall–Kier alpha value is -0.700. The van der Waals surface area contributed by atoms with Crippen LogP contribution in [0.1, 0.15) is 32.1 Å². The molecule has 1 saturated carbocycles. The van der Waals surface area contributed by atoms with Crippen LogP contribution in [0, 0.1) is 5.92 Å². The van der Waals surface area contributed by atoms with Gasteiger partial charge in [0.25, 0.3) is 0 Å². The summed E-state index contributed by atoms with van der Waals surface area (Å²) in [7, 11) is -3.33. The second-order valence-corrected chi connectivity index (χ2v) is 7.92. The lowest BCUT2D eigenvalue weighted by Crippen LogP contribution is -2.57. The molecule has 2 fully saturated rings. The third kappa shape index (κ3) is 4.91. The molecule has 1 saturated heterocycles. The minimum atomic E-state index is -3.33. The average Bonchev–Trinajstić information content (AvgIpc) is 2.37. The lowest BCUT2D eigenvalue weighted by atomic mass is 9.86. The summed E-state index contributed by atoms with van der Waals surface area (Å²) >= 11 is 0. The molecule has 0 atom stereocenters. The maximum absolute atomic E-state index is 12.0. The van der Waals surface area contributed by atoms with Crippen LogP contribution in [0.4, 0.5) is 0 Å². The van der Waals surface area contributed by atoms with Crippen molar-refractivity contribution in [3.63, 3.8) is 0 Å². The third-order valence-electron chi connectivity index (χ3n) is 4.31. The normalized spacial score (nSPS) is 22.5. The van der Waals surface area contributed by atoms with Crippen LogP contribution in [0.5, 0.6) is 0 Å². The van der Waals surface area contributed by atoms with Crippen molar-refractivity contribution in [3.8, 4) is 0 Å². The minimum Gasteiger partial charge on any atom is -0.381 e. The van der Waals surface area contributed by atoms with E-state index >= 15 is 0 Å². The van der Waals surface area contributed by atoms with Gasteiger partial charge < -0.3 is 15.8 Å². The second-order valence-electron chi connectivity index (χ2n) is 5.99. The summed E-state index contributed by atoms with van der Waals surface area (Å²) < 4.78 is 31.4. The summed E-state index contributed by atoms with van der Waals surface area (Å²) in [6, 6.07) is 0.